The Balaban J connectivity index is 1.73. The van der Waals surface area contributed by atoms with Crippen molar-refractivity contribution in [2.24, 2.45) is 0 Å². The van der Waals surface area contributed by atoms with Crippen molar-refractivity contribution in [1.82, 2.24) is 5.32 Å². The molecule has 3 heteroatoms. The summed E-state index contributed by atoms with van der Waals surface area (Å²) in [5.74, 6) is -0.199. The molecule has 21 heavy (non-hydrogen) atoms. The molecule has 2 atom stereocenters. The van der Waals surface area contributed by atoms with Crippen molar-refractivity contribution in [2.75, 3.05) is 7.05 Å². The zero-order valence-corrected chi connectivity index (χ0v) is 12.2. The van der Waals surface area contributed by atoms with E-state index in [1.54, 1.807) is 12.1 Å². The Labute approximate surface area is 125 Å². The highest BCUT2D eigenvalue weighted by Gasteiger charge is 2.28. The molecule has 1 aliphatic carbocycles. The third-order valence-corrected chi connectivity index (χ3v) is 4.18. The molecular weight excluding hydrogens is 265 g/mol. The molecule has 0 saturated heterocycles. The molecule has 1 N–H and O–H groups in total. The average Bonchev–Trinajstić information content (AvgIpc) is 2.53. The highest BCUT2D eigenvalue weighted by Crippen LogP contribution is 2.32. The highest BCUT2D eigenvalue weighted by molar-refractivity contribution is 5.33. The van der Waals surface area contributed by atoms with Gasteiger partial charge in [-0.15, -0.1) is 0 Å². The van der Waals surface area contributed by atoms with Crippen molar-refractivity contribution in [2.45, 2.75) is 31.6 Å². The van der Waals surface area contributed by atoms with Crippen LogP contribution in [0.1, 0.15) is 29.2 Å². The van der Waals surface area contributed by atoms with Crippen LogP contribution in [0.25, 0.3) is 0 Å². The summed E-state index contributed by atoms with van der Waals surface area (Å²) in [5.41, 5.74) is 3.29. The molecule has 2 unspecified atom stereocenters. The number of benzene rings is 2. The minimum absolute atomic E-state index is 0.0736. The molecule has 0 saturated carbocycles. The van der Waals surface area contributed by atoms with Crippen LogP contribution >= 0.6 is 0 Å². The van der Waals surface area contributed by atoms with Crippen molar-refractivity contribution < 1.29 is 9.13 Å². The van der Waals surface area contributed by atoms with Gasteiger partial charge in [-0.05, 0) is 37.1 Å². The lowest BCUT2D eigenvalue weighted by atomic mass is 9.85. The molecule has 0 aliphatic heterocycles. The summed E-state index contributed by atoms with van der Waals surface area (Å²) in [5, 5.41) is 3.34. The number of fused-ring (bicyclic) bond motifs is 1. The Bertz CT molecular complexity index is 614. The number of nitrogens with one attached hydrogen (secondary N) is 1. The van der Waals surface area contributed by atoms with Crippen LogP contribution in [0.15, 0.2) is 48.5 Å². The molecule has 2 nitrogen and oxygen atoms in total. The monoisotopic (exact) mass is 285 g/mol. The summed E-state index contributed by atoms with van der Waals surface area (Å²) < 4.78 is 19.7. The van der Waals surface area contributed by atoms with Crippen LogP contribution in [-0.4, -0.2) is 13.2 Å². The van der Waals surface area contributed by atoms with E-state index in [0.717, 1.165) is 12.8 Å². The number of aryl methyl sites for hydroxylation is 1. The Kier molecular flexibility index (Phi) is 4.32. The SMILES string of the molecule is CNC1c2ccccc2CCC1OCc1ccccc1F. The fraction of sp³-hybridized carbons (Fsp3) is 0.333. The highest BCUT2D eigenvalue weighted by atomic mass is 19.1. The minimum atomic E-state index is -0.199. The lowest BCUT2D eigenvalue weighted by molar-refractivity contribution is 0.00490. The summed E-state index contributed by atoms with van der Waals surface area (Å²) in [6, 6.07) is 15.4. The molecule has 2 aromatic rings. The van der Waals surface area contributed by atoms with Crippen LogP contribution in [0.4, 0.5) is 4.39 Å². The van der Waals surface area contributed by atoms with Crippen LogP contribution in [-0.2, 0) is 17.8 Å². The van der Waals surface area contributed by atoms with Crippen molar-refractivity contribution in [3.05, 3.63) is 71.0 Å². The van der Waals surface area contributed by atoms with Gasteiger partial charge in [-0.1, -0.05) is 42.5 Å². The number of hydrogen-bond donors (Lipinski definition) is 1. The molecule has 0 bridgehead atoms. The summed E-state index contributed by atoms with van der Waals surface area (Å²) >= 11 is 0. The average molecular weight is 285 g/mol. The van der Waals surface area contributed by atoms with Crippen LogP contribution < -0.4 is 5.32 Å². The Morgan fingerprint density at radius 3 is 2.71 bits per heavy atom. The van der Waals surface area contributed by atoms with E-state index in [1.807, 2.05) is 13.1 Å². The maximum atomic E-state index is 13.7. The largest absolute Gasteiger partial charge is 0.371 e. The van der Waals surface area contributed by atoms with Crippen LogP contribution in [0, 0.1) is 5.82 Å². The molecule has 0 spiro atoms. The molecule has 1 aliphatic rings. The molecule has 110 valence electrons. The van der Waals surface area contributed by atoms with E-state index in [-0.39, 0.29) is 18.0 Å². The second-order valence-electron chi connectivity index (χ2n) is 5.44. The molecule has 0 heterocycles. The van der Waals surface area contributed by atoms with Gasteiger partial charge < -0.3 is 10.1 Å². The predicted octanol–water partition coefficient (Wildman–Crippen LogP) is 3.62. The lowest BCUT2D eigenvalue weighted by Gasteiger charge is -2.33. The van der Waals surface area contributed by atoms with E-state index in [0.29, 0.717) is 12.2 Å². The van der Waals surface area contributed by atoms with E-state index < -0.39 is 0 Å². The lowest BCUT2D eigenvalue weighted by Crippen LogP contribution is -2.35. The summed E-state index contributed by atoms with van der Waals surface area (Å²) in [6.07, 6.45) is 2.04. The van der Waals surface area contributed by atoms with Crippen molar-refractivity contribution >= 4 is 0 Å². The molecule has 2 aromatic carbocycles. The van der Waals surface area contributed by atoms with E-state index in [1.165, 1.54) is 17.2 Å². The van der Waals surface area contributed by atoms with Gasteiger partial charge in [0.1, 0.15) is 5.82 Å². The first-order valence-electron chi connectivity index (χ1n) is 7.39. The van der Waals surface area contributed by atoms with Gasteiger partial charge in [0.25, 0.3) is 0 Å². The number of ether oxygens (including phenoxy) is 1. The number of likely N-dealkylation sites (N-methyl/N-ethyl adjacent to an activating group) is 1. The third-order valence-electron chi connectivity index (χ3n) is 4.18. The van der Waals surface area contributed by atoms with Gasteiger partial charge in [0, 0.05) is 5.56 Å². The summed E-state index contributed by atoms with van der Waals surface area (Å²) in [4.78, 5) is 0. The van der Waals surface area contributed by atoms with Crippen molar-refractivity contribution in [3.8, 4) is 0 Å². The Morgan fingerprint density at radius 1 is 1.14 bits per heavy atom. The van der Waals surface area contributed by atoms with Gasteiger partial charge in [-0.3, -0.25) is 0 Å². The topological polar surface area (TPSA) is 21.3 Å². The molecule has 0 amide bonds. The van der Waals surface area contributed by atoms with E-state index in [2.05, 4.69) is 29.6 Å². The first-order valence-corrected chi connectivity index (χ1v) is 7.39. The van der Waals surface area contributed by atoms with Crippen LogP contribution in [0.5, 0.6) is 0 Å². The van der Waals surface area contributed by atoms with Gasteiger partial charge in [-0.2, -0.15) is 0 Å². The number of hydrogen-bond acceptors (Lipinski definition) is 2. The van der Waals surface area contributed by atoms with Crippen molar-refractivity contribution in [3.63, 3.8) is 0 Å². The molecule has 0 aromatic heterocycles. The fourth-order valence-electron chi connectivity index (χ4n) is 3.06. The second kappa shape index (κ2) is 6.37. The third kappa shape index (κ3) is 2.99. The maximum Gasteiger partial charge on any atom is 0.128 e. The standard InChI is InChI=1S/C18H20FNO/c1-20-18-15-8-4-2-6-13(15)10-11-17(18)21-12-14-7-3-5-9-16(14)19/h2-9,17-18,20H,10-12H2,1H3. The zero-order valence-electron chi connectivity index (χ0n) is 12.2. The van der Waals surface area contributed by atoms with Gasteiger partial charge >= 0.3 is 0 Å². The van der Waals surface area contributed by atoms with Gasteiger partial charge in [0.2, 0.25) is 0 Å². The van der Waals surface area contributed by atoms with Gasteiger partial charge in [-0.25, -0.2) is 4.39 Å². The smallest absolute Gasteiger partial charge is 0.128 e. The molecule has 0 radical (unpaired) electrons. The zero-order chi connectivity index (χ0) is 14.7. The predicted molar refractivity (Wildman–Crippen MR) is 81.5 cm³/mol. The van der Waals surface area contributed by atoms with Crippen molar-refractivity contribution in [1.29, 1.82) is 0 Å². The van der Waals surface area contributed by atoms with E-state index >= 15 is 0 Å². The quantitative estimate of drug-likeness (QED) is 0.926. The number of halogens is 1. The Morgan fingerprint density at radius 2 is 1.90 bits per heavy atom. The van der Waals surface area contributed by atoms with E-state index in [9.17, 15) is 4.39 Å². The Hall–Kier alpha value is -1.71. The summed E-state index contributed by atoms with van der Waals surface area (Å²) in [6.45, 7) is 0.317. The number of rotatable bonds is 4. The van der Waals surface area contributed by atoms with Gasteiger partial charge in [0.05, 0.1) is 18.8 Å². The van der Waals surface area contributed by atoms with Crippen LogP contribution in [0.2, 0.25) is 0 Å². The normalized spacial score (nSPS) is 21.0. The first-order chi connectivity index (χ1) is 10.3. The minimum Gasteiger partial charge on any atom is -0.371 e. The fourth-order valence-corrected chi connectivity index (χ4v) is 3.06. The maximum absolute atomic E-state index is 13.7. The second-order valence-corrected chi connectivity index (χ2v) is 5.44. The van der Waals surface area contributed by atoms with Crippen LogP contribution in [0.3, 0.4) is 0 Å². The molecule has 3 rings (SSSR count). The van der Waals surface area contributed by atoms with E-state index in [4.69, 9.17) is 4.74 Å². The molecular formula is C18H20FNO. The summed E-state index contributed by atoms with van der Waals surface area (Å²) in [7, 11) is 1.95. The first kappa shape index (κ1) is 14.2. The molecule has 0 fully saturated rings. The van der Waals surface area contributed by atoms with Gasteiger partial charge in [0.15, 0.2) is 0 Å².